The minimum atomic E-state index is -0.776. The van der Waals surface area contributed by atoms with Gasteiger partial charge in [-0.15, -0.1) is 12.3 Å². The number of amides is 2. The first-order valence-electron chi connectivity index (χ1n) is 7.14. The molecule has 3 unspecified atom stereocenters. The number of carbonyl (C=O) groups excluding carboxylic acids is 1. The molecule has 0 aliphatic carbocycles. The van der Waals surface area contributed by atoms with Gasteiger partial charge in [-0.3, -0.25) is 4.79 Å². The molecule has 112 valence electrons. The summed E-state index contributed by atoms with van der Waals surface area (Å²) in [7, 11) is 0. The van der Waals surface area contributed by atoms with E-state index in [1.165, 1.54) is 0 Å². The third-order valence-electron chi connectivity index (χ3n) is 3.84. The molecule has 1 heterocycles. The second-order valence-electron chi connectivity index (χ2n) is 5.68. The number of terminal acetylenes is 1. The molecule has 5 nitrogen and oxygen atoms in total. The predicted molar refractivity (Wildman–Crippen MR) is 77.2 cm³/mol. The van der Waals surface area contributed by atoms with Crippen LogP contribution in [-0.4, -0.2) is 41.1 Å². The topological polar surface area (TPSA) is 69.6 Å². The fraction of sp³-hybridized carbons (Fsp3) is 0.733. The van der Waals surface area contributed by atoms with Crippen LogP contribution >= 0.6 is 0 Å². The number of piperidine rings is 1. The molecule has 1 saturated heterocycles. The molecular weight excluding hydrogens is 256 g/mol. The molecular formula is C15H24N2O3. The van der Waals surface area contributed by atoms with E-state index in [4.69, 9.17) is 11.5 Å². The standard InChI is InChI=1S/C15H24N2O3/c1-4-6-12(3)16-15(20)17-8-5-7-13(10-17)11(2)9-14(18)19/h1,11-13H,5-10H2,2-3H3,(H,16,20)(H,18,19). The van der Waals surface area contributed by atoms with Crippen molar-refractivity contribution in [1.29, 1.82) is 0 Å². The van der Waals surface area contributed by atoms with Gasteiger partial charge in [-0.2, -0.15) is 0 Å². The summed E-state index contributed by atoms with van der Waals surface area (Å²) in [6.07, 6.45) is 7.80. The van der Waals surface area contributed by atoms with Gasteiger partial charge in [0.25, 0.3) is 0 Å². The van der Waals surface area contributed by atoms with Crippen LogP contribution in [-0.2, 0) is 4.79 Å². The highest BCUT2D eigenvalue weighted by Gasteiger charge is 2.28. The summed E-state index contributed by atoms with van der Waals surface area (Å²) < 4.78 is 0. The minimum absolute atomic E-state index is 0.0377. The van der Waals surface area contributed by atoms with Crippen LogP contribution in [0.5, 0.6) is 0 Å². The number of carboxylic acids is 1. The van der Waals surface area contributed by atoms with Gasteiger partial charge < -0.3 is 15.3 Å². The van der Waals surface area contributed by atoms with Crippen molar-refractivity contribution in [2.75, 3.05) is 13.1 Å². The largest absolute Gasteiger partial charge is 0.481 e. The van der Waals surface area contributed by atoms with Crippen molar-refractivity contribution >= 4 is 12.0 Å². The van der Waals surface area contributed by atoms with Crippen molar-refractivity contribution < 1.29 is 14.7 Å². The highest BCUT2D eigenvalue weighted by atomic mass is 16.4. The maximum absolute atomic E-state index is 12.1. The molecule has 1 rings (SSSR count). The molecule has 2 amide bonds. The Morgan fingerprint density at radius 2 is 2.20 bits per heavy atom. The van der Waals surface area contributed by atoms with E-state index in [1.807, 2.05) is 13.8 Å². The molecule has 1 fully saturated rings. The van der Waals surface area contributed by atoms with E-state index >= 15 is 0 Å². The van der Waals surface area contributed by atoms with E-state index in [1.54, 1.807) is 4.90 Å². The number of nitrogens with zero attached hydrogens (tertiary/aromatic N) is 1. The number of carboxylic acid groups (broad SMARTS) is 1. The molecule has 20 heavy (non-hydrogen) atoms. The number of aliphatic carboxylic acids is 1. The Labute approximate surface area is 120 Å². The summed E-state index contributed by atoms with van der Waals surface area (Å²) in [4.78, 5) is 24.7. The first kappa shape index (κ1) is 16.4. The molecule has 0 radical (unpaired) electrons. The number of nitrogens with one attached hydrogen (secondary N) is 1. The molecule has 1 aliphatic heterocycles. The normalized spacial score (nSPS) is 21.6. The van der Waals surface area contributed by atoms with E-state index in [0.717, 1.165) is 19.4 Å². The molecule has 0 aromatic rings. The molecule has 0 spiro atoms. The average Bonchev–Trinajstić information content (AvgIpc) is 2.38. The van der Waals surface area contributed by atoms with Crippen LogP contribution in [0.3, 0.4) is 0 Å². The SMILES string of the molecule is C#CCC(C)NC(=O)N1CCCC(C(C)CC(=O)O)C1. The van der Waals surface area contributed by atoms with Crippen molar-refractivity contribution in [3.8, 4) is 12.3 Å². The number of carbonyl (C=O) groups is 2. The van der Waals surface area contributed by atoms with Gasteiger partial charge in [0.2, 0.25) is 0 Å². The Morgan fingerprint density at radius 3 is 2.80 bits per heavy atom. The van der Waals surface area contributed by atoms with Crippen molar-refractivity contribution in [2.45, 2.75) is 45.6 Å². The summed E-state index contributed by atoms with van der Waals surface area (Å²) in [6.45, 7) is 5.18. The lowest BCUT2D eigenvalue weighted by molar-refractivity contribution is -0.138. The Bertz CT molecular complexity index is 389. The molecule has 5 heteroatoms. The van der Waals surface area contributed by atoms with E-state index < -0.39 is 5.97 Å². The van der Waals surface area contributed by atoms with Crippen molar-refractivity contribution in [1.82, 2.24) is 10.2 Å². The number of rotatable bonds is 5. The molecule has 0 saturated carbocycles. The van der Waals surface area contributed by atoms with Crippen LogP contribution in [0.1, 0.15) is 39.5 Å². The molecule has 3 atom stereocenters. The fourth-order valence-corrected chi connectivity index (χ4v) is 2.63. The van der Waals surface area contributed by atoms with Gasteiger partial charge in [0.05, 0.1) is 0 Å². The summed E-state index contributed by atoms with van der Waals surface area (Å²) >= 11 is 0. The Hall–Kier alpha value is -1.70. The quantitative estimate of drug-likeness (QED) is 0.756. The highest BCUT2D eigenvalue weighted by Crippen LogP contribution is 2.26. The summed E-state index contributed by atoms with van der Waals surface area (Å²) in [6, 6.07) is -0.135. The van der Waals surface area contributed by atoms with Gasteiger partial charge in [-0.25, -0.2) is 4.79 Å². The first-order chi connectivity index (χ1) is 9.43. The van der Waals surface area contributed by atoms with Gasteiger partial charge in [0.1, 0.15) is 0 Å². The smallest absolute Gasteiger partial charge is 0.317 e. The monoisotopic (exact) mass is 280 g/mol. The van der Waals surface area contributed by atoms with E-state index in [9.17, 15) is 9.59 Å². The lowest BCUT2D eigenvalue weighted by Crippen LogP contribution is -2.48. The zero-order valence-electron chi connectivity index (χ0n) is 12.3. The molecule has 2 N–H and O–H groups in total. The maximum Gasteiger partial charge on any atom is 0.317 e. The molecule has 1 aliphatic rings. The molecule has 0 aromatic carbocycles. The summed E-state index contributed by atoms with van der Waals surface area (Å²) in [5.74, 6) is 2.10. The predicted octanol–water partition coefficient (Wildman–Crippen LogP) is 1.93. The van der Waals surface area contributed by atoms with E-state index in [2.05, 4.69) is 11.2 Å². The average molecular weight is 280 g/mol. The highest BCUT2D eigenvalue weighted by molar-refractivity contribution is 5.74. The van der Waals surface area contributed by atoms with Crippen molar-refractivity contribution in [2.24, 2.45) is 11.8 Å². The first-order valence-corrected chi connectivity index (χ1v) is 7.14. The molecule has 0 bridgehead atoms. The van der Waals surface area contributed by atoms with Crippen molar-refractivity contribution in [3.63, 3.8) is 0 Å². The van der Waals surface area contributed by atoms with Crippen LogP contribution in [0.25, 0.3) is 0 Å². The van der Waals surface area contributed by atoms with Crippen LogP contribution < -0.4 is 5.32 Å². The third-order valence-corrected chi connectivity index (χ3v) is 3.84. The van der Waals surface area contributed by atoms with Gasteiger partial charge in [0, 0.05) is 32.0 Å². The lowest BCUT2D eigenvalue weighted by atomic mass is 9.85. The second kappa shape index (κ2) is 7.78. The van der Waals surface area contributed by atoms with Crippen molar-refractivity contribution in [3.05, 3.63) is 0 Å². The van der Waals surface area contributed by atoms with Crippen LogP contribution in [0.15, 0.2) is 0 Å². The number of likely N-dealkylation sites (tertiary alicyclic amines) is 1. The second-order valence-corrected chi connectivity index (χ2v) is 5.68. The minimum Gasteiger partial charge on any atom is -0.481 e. The van der Waals surface area contributed by atoms with Crippen LogP contribution in [0.2, 0.25) is 0 Å². The van der Waals surface area contributed by atoms with Crippen LogP contribution in [0.4, 0.5) is 4.79 Å². The summed E-state index contributed by atoms with van der Waals surface area (Å²) in [5, 5.41) is 11.7. The maximum atomic E-state index is 12.1. The van der Waals surface area contributed by atoms with Gasteiger partial charge in [0.15, 0.2) is 0 Å². The van der Waals surface area contributed by atoms with Crippen LogP contribution in [0, 0.1) is 24.2 Å². The summed E-state index contributed by atoms with van der Waals surface area (Å²) in [5.41, 5.74) is 0. The van der Waals surface area contributed by atoms with Gasteiger partial charge in [-0.1, -0.05) is 6.92 Å². The Morgan fingerprint density at radius 1 is 1.50 bits per heavy atom. The van der Waals surface area contributed by atoms with Gasteiger partial charge in [-0.05, 0) is 31.6 Å². The molecule has 0 aromatic heterocycles. The zero-order valence-corrected chi connectivity index (χ0v) is 12.3. The number of urea groups is 1. The Balaban J connectivity index is 2.49. The Kier molecular flexibility index (Phi) is 6.37. The fourth-order valence-electron chi connectivity index (χ4n) is 2.63. The third kappa shape index (κ3) is 5.12. The number of hydrogen-bond donors (Lipinski definition) is 2. The zero-order chi connectivity index (χ0) is 15.1. The lowest BCUT2D eigenvalue weighted by Gasteiger charge is -2.36. The van der Waals surface area contributed by atoms with E-state index in [0.29, 0.717) is 13.0 Å². The van der Waals surface area contributed by atoms with Gasteiger partial charge >= 0.3 is 12.0 Å². The van der Waals surface area contributed by atoms with E-state index in [-0.39, 0.29) is 30.3 Å². The number of hydrogen-bond acceptors (Lipinski definition) is 2.